The van der Waals surface area contributed by atoms with Crippen LogP contribution in [0, 0.1) is 5.41 Å². The molecule has 0 aliphatic heterocycles. The van der Waals surface area contributed by atoms with Gasteiger partial charge in [0.15, 0.2) is 5.96 Å². The van der Waals surface area contributed by atoms with Crippen molar-refractivity contribution in [1.29, 1.82) is 0 Å². The van der Waals surface area contributed by atoms with Gasteiger partial charge in [-0.15, -0.1) is 24.0 Å². The number of guanidine groups is 1. The van der Waals surface area contributed by atoms with Gasteiger partial charge < -0.3 is 24.8 Å². The summed E-state index contributed by atoms with van der Waals surface area (Å²) in [6, 6.07) is 4.74. The van der Waals surface area contributed by atoms with Crippen molar-refractivity contribution in [3.8, 4) is 11.5 Å². The van der Waals surface area contributed by atoms with Crippen LogP contribution in [0.1, 0.15) is 44.6 Å². The molecule has 0 radical (unpaired) electrons. The molecule has 0 bridgehead atoms. The Labute approximate surface area is 195 Å². The van der Waals surface area contributed by atoms with Crippen LogP contribution in [0.2, 0.25) is 0 Å². The number of nitrogens with zero attached hydrogens (tertiary/aromatic N) is 1. The number of aliphatic imine (C=N–C) groups is 1. The van der Waals surface area contributed by atoms with Crippen LogP contribution < -0.4 is 20.1 Å². The van der Waals surface area contributed by atoms with Gasteiger partial charge in [-0.25, -0.2) is 4.99 Å². The highest BCUT2D eigenvalue weighted by Crippen LogP contribution is 2.40. The predicted octanol–water partition coefficient (Wildman–Crippen LogP) is 4.57. The number of hydrogen-bond acceptors (Lipinski definition) is 4. The zero-order chi connectivity index (χ0) is 21.1. The summed E-state index contributed by atoms with van der Waals surface area (Å²) in [5.74, 6) is 1.33. The number of alkyl halides is 2. The molecule has 172 valence electrons. The summed E-state index contributed by atoms with van der Waals surface area (Å²) in [5.41, 5.74) is 0.753. The van der Waals surface area contributed by atoms with Crippen LogP contribution in [0.5, 0.6) is 11.5 Å². The zero-order valence-electron chi connectivity index (χ0n) is 18.0. The smallest absolute Gasteiger partial charge is 0.387 e. The molecule has 2 rings (SSSR count). The first kappa shape index (κ1) is 26.7. The third-order valence-electron chi connectivity index (χ3n) is 5.37. The normalized spacial score (nSPS) is 15.6. The number of ether oxygens (including phenoxy) is 3. The minimum atomic E-state index is -2.89. The Hall–Kier alpha value is -1.36. The second kappa shape index (κ2) is 13.8. The average molecular weight is 541 g/mol. The van der Waals surface area contributed by atoms with Gasteiger partial charge in [0.2, 0.25) is 0 Å². The molecule has 30 heavy (non-hydrogen) atoms. The molecule has 2 N–H and O–H groups in total. The SMILES string of the molecule is CCNC(=NCc1cc(OC)ccc1OC(F)F)NCC1(CCOC)CCCC1.I. The molecular weight excluding hydrogens is 507 g/mol. The average Bonchev–Trinajstić information content (AvgIpc) is 3.18. The van der Waals surface area contributed by atoms with E-state index in [1.54, 1.807) is 19.2 Å². The third-order valence-corrected chi connectivity index (χ3v) is 5.37. The lowest BCUT2D eigenvalue weighted by molar-refractivity contribution is -0.0504. The van der Waals surface area contributed by atoms with E-state index >= 15 is 0 Å². The molecule has 1 aliphatic rings. The van der Waals surface area contributed by atoms with Crippen molar-refractivity contribution >= 4 is 29.9 Å². The topological polar surface area (TPSA) is 64.1 Å². The molecule has 0 saturated heterocycles. The van der Waals surface area contributed by atoms with E-state index in [-0.39, 0.29) is 41.7 Å². The zero-order valence-corrected chi connectivity index (χ0v) is 20.3. The summed E-state index contributed by atoms with van der Waals surface area (Å²) in [6.45, 7) is 1.55. The van der Waals surface area contributed by atoms with Gasteiger partial charge in [0.25, 0.3) is 0 Å². The van der Waals surface area contributed by atoms with Crippen molar-refractivity contribution in [2.75, 3.05) is 33.9 Å². The summed E-state index contributed by atoms with van der Waals surface area (Å²) >= 11 is 0. The number of methoxy groups -OCH3 is 2. The van der Waals surface area contributed by atoms with Gasteiger partial charge in [0, 0.05) is 32.4 Å². The van der Waals surface area contributed by atoms with Crippen LogP contribution in [0.15, 0.2) is 23.2 Å². The Morgan fingerprint density at radius 1 is 1.20 bits per heavy atom. The van der Waals surface area contributed by atoms with E-state index in [0.29, 0.717) is 23.8 Å². The van der Waals surface area contributed by atoms with Crippen LogP contribution in [-0.2, 0) is 11.3 Å². The lowest BCUT2D eigenvalue weighted by Gasteiger charge is -2.30. The quantitative estimate of drug-likeness (QED) is 0.244. The fourth-order valence-corrected chi connectivity index (χ4v) is 3.75. The van der Waals surface area contributed by atoms with Gasteiger partial charge in [-0.2, -0.15) is 8.78 Å². The highest BCUT2D eigenvalue weighted by Gasteiger charge is 2.33. The number of rotatable bonds is 11. The molecule has 0 heterocycles. The fraction of sp³-hybridized carbons (Fsp3) is 0.667. The standard InChI is InChI=1S/C21H33F2N3O3.HI/c1-4-24-20(26-15-21(11-12-27-2)9-5-6-10-21)25-14-16-13-17(28-3)7-8-18(16)29-19(22)23;/h7-8,13,19H,4-6,9-12,14-15H2,1-3H3,(H2,24,25,26);1H. The van der Waals surface area contributed by atoms with Crippen molar-refractivity contribution in [3.63, 3.8) is 0 Å². The van der Waals surface area contributed by atoms with E-state index in [0.717, 1.165) is 19.6 Å². The highest BCUT2D eigenvalue weighted by molar-refractivity contribution is 14.0. The number of benzene rings is 1. The van der Waals surface area contributed by atoms with Gasteiger partial charge in [-0.3, -0.25) is 0 Å². The lowest BCUT2D eigenvalue weighted by atomic mass is 9.83. The van der Waals surface area contributed by atoms with Crippen molar-refractivity contribution < 1.29 is 23.0 Å². The summed E-state index contributed by atoms with van der Waals surface area (Å²) in [4.78, 5) is 4.58. The Bertz CT molecular complexity index is 656. The molecule has 1 saturated carbocycles. The van der Waals surface area contributed by atoms with Crippen molar-refractivity contribution in [1.82, 2.24) is 10.6 Å². The molecule has 6 nitrogen and oxygen atoms in total. The van der Waals surface area contributed by atoms with Crippen molar-refractivity contribution in [3.05, 3.63) is 23.8 Å². The van der Waals surface area contributed by atoms with Crippen LogP contribution in [0.25, 0.3) is 0 Å². The summed E-state index contributed by atoms with van der Waals surface area (Å²) in [6.07, 6.45) is 5.82. The van der Waals surface area contributed by atoms with E-state index < -0.39 is 6.61 Å². The molecule has 0 atom stereocenters. The van der Waals surface area contributed by atoms with Gasteiger partial charge in [0.05, 0.1) is 13.7 Å². The van der Waals surface area contributed by atoms with Crippen LogP contribution in [0.4, 0.5) is 8.78 Å². The number of halogens is 3. The summed E-state index contributed by atoms with van der Waals surface area (Å²) in [5, 5.41) is 6.66. The number of nitrogens with one attached hydrogen (secondary N) is 2. The Morgan fingerprint density at radius 3 is 2.53 bits per heavy atom. The first-order valence-electron chi connectivity index (χ1n) is 10.1. The maximum absolute atomic E-state index is 12.7. The van der Waals surface area contributed by atoms with Crippen LogP contribution in [0.3, 0.4) is 0 Å². The second-order valence-electron chi connectivity index (χ2n) is 7.35. The molecule has 0 spiro atoms. The molecule has 9 heteroatoms. The van der Waals surface area contributed by atoms with Gasteiger partial charge in [0.1, 0.15) is 11.5 Å². The van der Waals surface area contributed by atoms with Crippen LogP contribution >= 0.6 is 24.0 Å². The fourth-order valence-electron chi connectivity index (χ4n) is 3.75. The van der Waals surface area contributed by atoms with E-state index in [9.17, 15) is 8.78 Å². The van der Waals surface area contributed by atoms with Crippen LogP contribution in [-0.4, -0.2) is 46.5 Å². The Kier molecular flexibility index (Phi) is 12.3. The Morgan fingerprint density at radius 2 is 1.93 bits per heavy atom. The van der Waals surface area contributed by atoms with E-state index in [1.165, 1.54) is 38.9 Å². The maximum atomic E-state index is 12.7. The van der Waals surface area contributed by atoms with E-state index in [2.05, 4.69) is 20.4 Å². The minimum Gasteiger partial charge on any atom is -0.497 e. The largest absolute Gasteiger partial charge is 0.497 e. The molecule has 0 amide bonds. The molecule has 1 aromatic carbocycles. The molecule has 1 fully saturated rings. The van der Waals surface area contributed by atoms with E-state index in [1.807, 2.05) is 6.92 Å². The van der Waals surface area contributed by atoms with E-state index in [4.69, 9.17) is 9.47 Å². The molecule has 1 aliphatic carbocycles. The van der Waals surface area contributed by atoms with Gasteiger partial charge >= 0.3 is 6.61 Å². The number of hydrogen-bond donors (Lipinski definition) is 2. The summed E-state index contributed by atoms with van der Waals surface area (Å²) in [7, 11) is 3.26. The lowest BCUT2D eigenvalue weighted by Crippen LogP contribution is -2.43. The Balaban J connectivity index is 0.00000450. The molecule has 1 aromatic rings. The maximum Gasteiger partial charge on any atom is 0.387 e. The monoisotopic (exact) mass is 541 g/mol. The highest BCUT2D eigenvalue weighted by atomic mass is 127. The molecule has 0 unspecified atom stereocenters. The predicted molar refractivity (Wildman–Crippen MR) is 125 cm³/mol. The summed E-state index contributed by atoms with van der Waals surface area (Å²) < 4.78 is 40.6. The van der Waals surface area contributed by atoms with Gasteiger partial charge in [-0.1, -0.05) is 12.8 Å². The van der Waals surface area contributed by atoms with Crippen molar-refractivity contribution in [2.45, 2.75) is 52.2 Å². The third kappa shape index (κ3) is 8.41. The second-order valence-corrected chi connectivity index (χ2v) is 7.35. The molecular formula is C21H34F2IN3O3. The first-order valence-corrected chi connectivity index (χ1v) is 10.1. The molecule has 0 aromatic heterocycles. The van der Waals surface area contributed by atoms with Crippen molar-refractivity contribution in [2.24, 2.45) is 10.4 Å². The first-order chi connectivity index (χ1) is 14.0. The minimum absolute atomic E-state index is 0. The van der Waals surface area contributed by atoms with Gasteiger partial charge in [-0.05, 0) is 49.8 Å².